The van der Waals surface area contributed by atoms with Gasteiger partial charge in [-0.3, -0.25) is 4.99 Å². The zero-order chi connectivity index (χ0) is 9.38. The van der Waals surface area contributed by atoms with Crippen LogP contribution in [0.5, 0.6) is 0 Å². The molecule has 0 amide bonds. The average molecular weight is 186 g/mol. The molecule has 0 radical (unpaired) electrons. The van der Waals surface area contributed by atoms with Crippen molar-refractivity contribution >= 4 is 5.71 Å². The Balaban J connectivity index is 1.95. The molecule has 0 aromatic rings. The van der Waals surface area contributed by atoms with Crippen LogP contribution in [0.15, 0.2) is 41.2 Å². The smallest absolute Gasteiger partial charge is 0.0490 e. The highest BCUT2D eigenvalue weighted by atomic mass is 15.2. The number of hydrogen-bond donors (Lipinski definition) is 0. The van der Waals surface area contributed by atoms with Gasteiger partial charge in [0.05, 0.1) is 0 Å². The summed E-state index contributed by atoms with van der Waals surface area (Å²) < 4.78 is 0. The number of fused-ring (bicyclic) bond motifs is 2. The number of rotatable bonds is 0. The molecule has 1 fully saturated rings. The fraction of sp³-hybridized carbons (Fsp3) is 0.417. The number of allylic oxidation sites excluding steroid dienone is 4. The Bertz CT molecular complexity index is 361. The van der Waals surface area contributed by atoms with Crippen LogP contribution in [0.4, 0.5) is 0 Å². The third kappa shape index (κ3) is 1.22. The molecule has 1 aliphatic carbocycles. The molecule has 2 heteroatoms. The molecule has 0 spiro atoms. The summed E-state index contributed by atoms with van der Waals surface area (Å²) in [5.74, 6) is 0.506. The van der Waals surface area contributed by atoms with Crippen molar-refractivity contribution in [3.8, 4) is 0 Å². The van der Waals surface area contributed by atoms with Crippen molar-refractivity contribution in [2.45, 2.75) is 12.8 Å². The second-order valence-electron chi connectivity index (χ2n) is 4.07. The van der Waals surface area contributed by atoms with Crippen LogP contribution in [0.1, 0.15) is 12.8 Å². The van der Waals surface area contributed by atoms with Gasteiger partial charge in [-0.2, -0.15) is 0 Å². The quantitative estimate of drug-likeness (QED) is 0.566. The van der Waals surface area contributed by atoms with Crippen LogP contribution in [0.2, 0.25) is 0 Å². The van der Waals surface area contributed by atoms with E-state index in [2.05, 4.69) is 40.4 Å². The molecule has 1 atom stereocenters. The van der Waals surface area contributed by atoms with Gasteiger partial charge in [-0.1, -0.05) is 18.2 Å². The summed E-state index contributed by atoms with van der Waals surface area (Å²) in [5.41, 5.74) is 2.64. The second-order valence-corrected chi connectivity index (χ2v) is 4.07. The minimum absolute atomic E-state index is 0.506. The first-order valence-corrected chi connectivity index (χ1v) is 5.30. The third-order valence-electron chi connectivity index (χ3n) is 3.15. The SMILES string of the molecule is C1=CC2=NC=C3CCCN3CC2C=C1. The van der Waals surface area contributed by atoms with E-state index in [1.165, 1.54) is 30.8 Å². The van der Waals surface area contributed by atoms with Gasteiger partial charge in [0.2, 0.25) is 0 Å². The van der Waals surface area contributed by atoms with E-state index < -0.39 is 0 Å². The molecule has 2 heterocycles. The van der Waals surface area contributed by atoms with Crippen LogP contribution in [0.3, 0.4) is 0 Å². The highest BCUT2D eigenvalue weighted by Gasteiger charge is 2.24. The highest BCUT2D eigenvalue weighted by molar-refractivity contribution is 6.00. The third-order valence-corrected chi connectivity index (χ3v) is 3.15. The fourth-order valence-electron chi connectivity index (χ4n) is 2.36. The van der Waals surface area contributed by atoms with Crippen LogP contribution >= 0.6 is 0 Å². The standard InChI is InChI=1S/C12H14N2/c1-2-6-12-10(4-1)9-14-7-3-5-11(14)8-13-12/h1-2,4,6,8,10H,3,5,7,9H2. The van der Waals surface area contributed by atoms with Crippen molar-refractivity contribution in [2.24, 2.45) is 10.9 Å². The molecule has 2 nitrogen and oxygen atoms in total. The summed E-state index contributed by atoms with van der Waals surface area (Å²) in [6.45, 7) is 2.33. The average Bonchev–Trinajstić information content (AvgIpc) is 2.58. The van der Waals surface area contributed by atoms with Crippen molar-refractivity contribution in [1.82, 2.24) is 4.90 Å². The second kappa shape index (κ2) is 3.12. The number of aliphatic imine (C=N–C) groups is 1. The van der Waals surface area contributed by atoms with Crippen molar-refractivity contribution < 1.29 is 0 Å². The normalized spacial score (nSPS) is 29.1. The molecule has 72 valence electrons. The molecule has 0 saturated carbocycles. The van der Waals surface area contributed by atoms with Gasteiger partial charge in [-0.05, 0) is 18.9 Å². The highest BCUT2D eigenvalue weighted by Crippen LogP contribution is 2.26. The molecule has 0 aromatic heterocycles. The van der Waals surface area contributed by atoms with E-state index in [4.69, 9.17) is 0 Å². The maximum atomic E-state index is 4.56. The van der Waals surface area contributed by atoms with Crippen molar-refractivity contribution in [1.29, 1.82) is 0 Å². The first-order chi connectivity index (χ1) is 6.93. The molecule has 3 aliphatic rings. The Morgan fingerprint density at radius 1 is 1.36 bits per heavy atom. The number of hydrogen-bond acceptors (Lipinski definition) is 2. The zero-order valence-electron chi connectivity index (χ0n) is 8.19. The molecule has 1 saturated heterocycles. The van der Waals surface area contributed by atoms with E-state index in [0.29, 0.717) is 5.92 Å². The lowest BCUT2D eigenvalue weighted by atomic mass is 9.98. The minimum atomic E-state index is 0.506. The van der Waals surface area contributed by atoms with E-state index in [9.17, 15) is 0 Å². The van der Waals surface area contributed by atoms with Gasteiger partial charge in [-0.25, -0.2) is 0 Å². The largest absolute Gasteiger partial charge is 0.373 e. The van der Waals surface area contributed by atoms with E-state index in [0.717, 1.165) is 6.54 Å². The van der Waals surface area contributed by atoms with E-state index >= 15 is 0 Å². The maximum absolute atomic E-state index is 4.56. The van der Waals surface area contributed by atoms with Crippen LogP contribution in [-0.2, 0) is 0 Å². The summed E-state index contributed by atoms with van der Waals surface area (Å²) in [6.07, 6.45) is 13.2. The summed E-state index contributed by atoms with van der Waals surface area (Å²) >= 11 is 0. The molecule has 0 aromatic carbocycles. The van der Waals surface area contributed by atoms with Crippen LogP contribution < -0.4 is 0 Å². The fourth-order valence-corrected chi connectivity index (χ4v) is 2.36. The minimum Gasteiger partial charge on any atom is -0.373 e. The monoisotopic (exact) mass is 186 g/mol. The van der Waals surface area contributed by atoms with Gasteiger partial charge in [0, 0.05) is 36.6 Å². The molecular formula is C12H14N2. The number of nitrogens with zero attached hydrogens (tertiary/aromatic N) is 2. The Kier molecular flexibility index (Phi) is 1.79. The molecule has 14 heavy (non-hydrogen) atoms. The van der Waals surface area contributed by atoms with Crippen LogP contribution in [0.25, 0.3) is 0 Å². The molecule has 2 aliphatic heterocycles. The van der Waals surface area contributed by atoms with Crippen molar-refractivity contribution in [3.63, 3.8) is 0 Å². The Hall–Kier alpha value is -1.31. The summed E-state index contributed by atoms with van der Waals surface area (Å²) in [6, 6.07) is 0. The molecule has 1 unspecified atom stereocenters. The predicted molar refractivity (Wildman–Crippen MR) is 58.1 cm³/mol. The first-order valence-electron chi connectivity index (χ1n) is 5.30. The van der Waals surface area contributed by atoms with Gasteiger partial charge in [0.1, 0.15) is 0 Å². The summed E-state index contributed by atoms with van der Waals surface area (Å²) in [4.78, 5) is 7.04. The molecular weight excluding hydrogens is 172 g/mol. The molecule has 0 N–H and O–H groups in total. The van der Waals surface area contributed by atoms with Crippen LogP contribution in [0, 0.1) is 5.92 Å². The molecule has 3 rings (SSSR count). The lowest BCUT2D eigenvalue weighted by Gasteiger charge is -2.22. The first kappa shape index (κ1) is 8.04. The van der Waals surface area contributed by atoms with Gasteiger partial charge in [-0.15, -0.1) is 0 Å². The predicted octanol–water partition coefficient (Wildman–Crippen LogP) is 2.12. The lowest BCUT2D eigenvalue weighted by molar-refractivity contribution is 0.381. The van der Waals surface area contributed by atoms with Crippen molar-refractivity contribution in [2.75, 3.05) is 13.1 Å². The van der Waals surface area contributed by atoms with Gasteiger partial charge in [0.15, 0.2) is 0 Å². The Morgan fingerprint density at radius 3 is 3.36 bits per heavy atom. The van der Waals surface area contributed by atoms with Crippen LogP contribution in [-0.4, -0.2) is 23.7 Å². The maximum Gasteiger partial charge on any atom is 0.0490 e. The van der Waals surface area contributed by atoms with Gasteiger partial charge >= 0.3 is 0 Å². The van der Waals surface area contributed by atoms with Gasteiger partial charge < -0.3 is 4.90 Å². The Morgan fingerprint density at radius 2 is 2.36 bits per heavy atom. The Labute approximate surface area is 84.3 Å². The van der Waals surface area contributed by atoms with E-state index in [-0.39, 0.29) is 0 Å². The summed E-state index contributed by atoms with van der Waals surface area (Å²) in [7, 11) is 0. The van der Waals surface area contributed by atoms with Crippen molar-refractivity contribution in [3.05, 3.63) is 36.2 Å². The summed E-state index contributed by atoms with van der Waals surface area (Å²) in [5, 5.41) is 0. The van der Waals surface area contributed by atoms with E-state index in [1.54, 1.807) is 0 Å². The van der Waals surface area contributed by atoms with Gasteiger partial charge in [0.25, 0.3) is 0 Å². The topological polar surface area (TPSA) is 15.6 Å². The zero-order valence-corrected chi connectivity index (χ0v) is 8.19. The molecule has 0 bridgehead atoms. The van der Waals surface area contributed by atoms with E-state index in [1.807, 2.05) is 0 Å². The lowest BCUT2D eigenvalue weighted by Crippen LogP contribution is -2.27.